The van der Waals surface area contributed by atoms with E-state index in [9.17, 15) is 4.39 Å². The molecule has 0 radical (unpaired) electrons. The van der Waals surface area contributed by atoms with Crippen LogP contribution in [0, 0.1) is 5.82 Å². The van der Waals surface area contributed by atoms with Crippen LogP contribution in [0.1, 0.15) is 5.56 Å². The third kappa shape index (κ3) is 3.32. The zero-order valence-corrected chi connectivity index (χ0v) is 10.4. The van der Waals surface area contributed by atoms with Gasteiger partial charge >= 0.3 is 0 Å². The molecule has 0 saturated heterocycles. The Labute approximate surface area is 105 Å². The minimum absolute atomic E-state index is 0.161. The molecule has 0 aromatic heterocycles. The van der Waals surface area contributed by atoms with Crippen molar-refractivity contribution in [2.45, 2.75) is 16.3 Å². The zero-order valence-electron chi connectivity index (χ0n) is 9.61. The summed E-state index contributed by atoms with van der Waals surface area (Å²) in [5.41, 5.74) is 0.961. The van der Waals surface area contributed by atoms with Gasteiger partial charge in [-0.2, -0.15) is 0 Å². The first-order chi connectivity index (χ1) is 8.29. The normalized spacial score (nSPS) is 10.5. The summed E-state index contributed by atoms with van der Waals surface area (Å²) in [6.07, 6.45) is 0. The molecule has 0 atom stereocenters. The Morgan fingerprint density at radius 1 is 1.12 bits per heavy atom. The van der Waals surface area contributed by atoms with E-state index < -0.39 is 0 Å². The highest BCUT2D eigenvalue weighted by Gasteiger charge is 2.05. The van der Waals surface area contributed by atoms with Crippen LogP contribution in [-0.2, 0) is 6.54 Å². The van der Waals surface area contributed by atoms with Gasteiger partial charge in [-0.3, -0.25) is 0 Å². The van der Waals surface area contributed by atoms with Crippen molar-refractivity contribution in [2.75, 3.05) is 7.05 Å². The van der Waals surface area contributed by atoms with E-state index >= 15 is 0 Å². The van der Waals surface area contributed by atoms with Gasteiger partial charge in [-0.25, -0.2) is 4.39 Å². The largest absolute Gasteiger partial charge is 0.316 e. The highest BCUT2D eigenvalue weighted by molar-refractivity contribution is 7.99. The molecule has 0 amide bonds. The van der Waals surface area contributed by atoms with E-state index in [0.29, 0.717) is 11.4 Å². The van der Waals surface area contributed by atoms with Gasteiger partial charge in [0.2, 0.25) is 0 Å². The van der Waals surface area contributed by atoms with E-state index in [1.165, 1.54) is 11.8 Å². The van der Waals surface area contributed by atoms with E-state index in [-0.39, 0.29) is 5.82 Å². The van der Waals surface area contributed by atoms with Gasteiger partial charge in [0.25, 0.3) is 0 Å². The van der Waals surface area contributed by atoms with Crippen LogP contribution in [0.4, 0.5) is 4.39 Å². The summed E-state index contributed by atoms with van der Waals surface area (Å²) in [4.78, 5) is 1.71. The topological polar surface area (TPSA) is 12.0 Å². The van der Waals surface area contributed by atoms with Gasteiger partial charge < -0.3 is 5.32 Å². The minimum atomic E-state index is -0.161. The lowest BCUT2D eigenvalue weighted by atomic mass is 10.2. The summed E-state index contributed by atoms with van der Waals surface area (Å²) in [6, 6.07) is 15.2. The van der Waals surface area contributed by atoms with Crippen molar-refractivity contribution < 1.29 is 4.39 Å². The average Bonchev–Trinajstić information content (AvgIpc) is 2.34. The molecular weight excluding hydrogens is 233 g/mol. The van der Waals surface area contributed by atoms with Crippen molar-refractivity contribution in [1.82, 2.24) is 5.32 Å². The molecular formula is C14H14FNS. The summed E-state index contributed by atoms with van der Waals surface area (Å²) < 4.78 is 13.8. The van der Waals surface area contributed by atoms with Crippen LogP contribution in [0.15, 0.2) is 58.3 Å². The Morgan fingerprint density at radius 2 is 1.88 bits per heavy atom. The molecule has 0 spiro atoms. The smallest absolute Gasteiger partial charge is 0.137 e. The maximum atomic E-state index is 13.8. The SMILES string of the molecule is CNCc1ccc(Sc2ccccc2)c(F)c1. The molecule has 0 unspecified atom stereocenters. The molecule has 0 bridgehead atoms. The van der Waals surface area contributed by atoms with Gasteiger partial charge in [0.05, 0.1) is 0 Å². The number of rotatable bonds is 4. The van der Waals surface area contributed by atoms with Gasteiger partial charge in [-0.05, 0) is 36.9 Å². The van der Waals surface area contributed by atoms with Crippen molar-refractivity contribution >= 4 is 11.8 Å². The minimum Gasteiger partial charge on any atom is -0.316 e. The number of hydrogen-bond acceptors (Lipinski definition) is 2. The first-order valence-electron chi connectivity index (χ1n) is 5.45. The van der Waals surface area contributed by atoms with Gasteiger partial charge in [0.15, 0.2) is 0 Å². The molecule has 2 aromatic rings. The molecule has 0 fully saturated rings. The first kappa shape index (κ1) is 12.1. The predicted octanol–water partition coefficient (Wildman–Crippen LogP) is 3.70. The molecule has 17 heavy (non-hydrogen) atoms. The Balaban J connectivity index is 2.17. The molecule has 2 aromatic carbocycles. The van der Waals surface area contributed by atoms with Crippen LogP contribution in [0.25, 0.3) is 0 Å². The van der Waals surface area contributed by atoms with Gasteiger partial charge in [0.1, 0.15) is 5.82 Å². The molecule has 0 heterocycles. The average molecular weight is 247 g/mol. The standard InChI is InChI=1S/C14H14FNS/c1-16-10-11-7-8-14(13(15)9-11)17-12-5-3-2-4-6-12/h2-9,16H,10H2,1H3. The summed E-state index contributed by atoms with van der Waals surface area (Å²) in [6.45, 7) is 0.688. The molecule has 1 nitrogen and oxygen atoms in total. The van der Waals surface area contributed by atoms with Crippen LogP contribution >= 0.6 is 11.8 Å². The van der Waals surface area contributed by atoms with Crippen molar-refractivity contribution in [2.24, 2.45) is 0 Å². The number of hydrogen-bond donors (Lipinski definition) is 1. The maximum Gasteiger partial charge on any atom is 0.137 e. The van der Waals surface area contributed by atoms with Crippen LogP contribution in [0.5, 0.6) is 0 Å². The quantitative estimate of drug-likeness (QED) is 0.884. The van der Waals surface area contributed by atoms with Crippen LogP contribution < -0.4 is 5.32 Å². The van der Waals surface area contributed by atoms with E-state index in [0.717, 1.165) is 10.5 Å². The molecule has 0 aliphatic heterocycles. The first-order valence-corrected chi connectivity index (χ1v) is 6.27. The number of nitrogens with one attached hydrogen (secondary N) is 1. The molecule has 88 valence electrons. The fourth-order valence-electron chi connectivity index (χ4n) is 1.56. The Hall–Kier alpha value is -1.32. The monoisotopic (exact) mass is 247 g/mol. The van der Waals surface area contributed by atoms with Crippen molar-refractivity contribution in [3.05, 3.63) is 59.9 Å². The molecule has 2 rings (SSSR count). The zero-order chi connectivity index (χ0) is 12.1. The summed E-state index contributed by atoms with van der Waals surface area (Å²) in [5.74, 6) is -0.161. The van der Waals surface area contributed by atoms with Crippen LogP contribution in [0.2, 0.25) is 0 Å². The fraction of sp³-hybridized carbons (Fsp3) is 0.143. The Bertz CT molecular complexity index is 485. The molecule has 0 aliphatic carbocycles. The lowest BCUT2D eigenvalue weighted by Crippen LogP contribution is -2.05. The van der Waals surface area contributed by atoms with Gasteiger partial charge in [0, 0.05) is 16.3 Å². The number of benzene rings is 2. The van der Waals surface area contributed by atoms with E-state index in [2.05, 4.69) is 5.32 Å². The lowest BCUT2D eigenvalue weighted by molar-refractivity contribution is 0.598. The fourth-order valence-corrected chi connectivity index (χ4v) is 2.40. The highest BCUT2D eigenvalue weighted by atomic mass is 32.2. The Kier molecular flexibility index (Phi) is 4.18. The molecule has 0 saturated carbocycles. The van der Waals surface area contributed by atoms with E-state index in [4.69, 9.17) is 0 Å². The highest BCUT2D eigenvalue weighted by Crippen LogP contribution is 2.29. The summed E-state index contributed by atoms with van der Waals surface area (Å²) in [5, 5.41) is 3.01. The second-order valence-electron chi connectivity index (χ2n) is 3.71. The Morgan fingerprint density at radius 3 is 2.53 bits per heavy atom. The van der Waals surface area contributed by atoms with Crippen LogP contribution in [-0.4, -0.2) is 7.05 Å². The second-order valence-corrected chi connectivity index (χ2v) is 4.83. The van der Waals surface area contributed by atoms with Crippen LogP contribution in [0.3, 0.4) is 0 Å². The molecule has 1 N–H and O–H groups in total. The third-order valence-corrected chi connectivity index (χ3v) is 3.41. The lowest BCUT2D eigenvalue weighted by Gasteiger charge is -2.05. The van der Waals surface area contributed by atoms with Gasteiger partial charge in [-0.15, -0.1) is 0 Å². The van der Waals surface area contributed by atoms with Crippen molar-refractivity contribution in [3.63, 3.8) is 0 Å². The maximum absolute atomic E-state index is 13.8. The second kappa shape index (κ2) is 5.84. The summed E-state index contributed by atoms with van der Waals surface area (Å²) >= 11 is 1.45. The predicted molar refractivity (Wildman–Crippen MR) is 69.7 cm³/mol. The van der Waals surface area contributed by atoms with E-state index in [1.54, 1.807) is 6.07 Å². The van der Waals surface area contributed by atoms with Gasteiger partial charge in [-0.1, -0.05) is 36.0 Å². The molecule has 3 heteroatoms. The van der Waals surface area contributed by atoms with Crippen molar-refractivity contribution in [3.8, 4) is 0 Å². The number of halogens is 1. The third-order valence-electron chi connectivity index (χ3n) is 2.35. The van der Waals surface area contributed by atoms with Crippen molar-refractivity contribution in [1.29, 1.82) is 0 Å². The molecule has 0 aliphatic rings. The van der Waals surface area contributed by atoms with E-state index in [1.807, 2.05) is 49.5 Å². The summed E-state index contributed by atoms with van der Waals surface area (Å²) in [7, 11) is 1.85.